The minimum Gasteiger partial charge on any atom is -0.468 e. The van der Waals surface area contributed by atoms with Crippen molar-refractivity contribution in [2.24, 2.45) is 5.73 Å². The fourth-order valence-electron chi connectivity index (χ4n) is 0.767. The number of rotatable bonds is 6. The first kappa shape index (κ1) is 14.5. The number of hydrogen-bond acceptors (Lipinski definition) is 8. The monoisotopic (exact) mass is 313 g/mol. The van der Waals surface area contributed by atoms with Crippen LogP contribution in [0.2, 0.25) is 0 Å². The van der Waals surface area contributed by atoms with E-state index in [4.69, 9.17) is 18.0 Å². The molecule has 90 valence electrons. The van der Waals surface area contributed by atoms with E-state index in [1.54, 1.807) is 34.4 Å². The number of thioether (sulfide) groups is 2. The predicted octanol–water partition coefficient (Wildman–Crippen LogP) is 2.85. The average Bonchev–Trinajstić information content (AvgIpc) is 2.63. The second kappa shape index (κ2) is 7.67. The zero-order valence-electron chi connectivity index (χ0n) is 8.56. The van der Waals surface area contributed by atoms with Crippen molar-refractivity contribution in [2.45, 2.75) is 8.42 Å². The van der Waals surface area contributed by atoms with Gasteiger partial charge in [-0.15, -0.1) is 46.2 Å². The van der Waals surface area contributed by atoms with Crippen LogP contribution >= 0.6 is 58.4 Å². The molecule has 0 aliphatic carbocycles. The summed E-state index contributed by atoms with van der Waals surface area (Å²) in [7, 11) is 1.39. The second-order valence-corrected chi connectivity index (χ2v) is 8.36. The first-order valence-electron chi connectivity index (χ1n) is 4.33. The van der Waals surface area contributed by atoms with Gasteiger partial charge in [-0.25, -0.2) is 0 Å². The maximum absolute atomic E-state index is 11.0. The molecule has 0 fully saturated rings. The van der Waals surface area contributed by atoms with E-state index in [1.807, 2.05) is 0 Å². The summed E-state index contributed by atoms with van der Waals surface area (Å²) in [5.74, 6) is 0.978. The lowest BCUT2D eigenvalue weighted by Crippen LogP contribution is -2.02. The SMILES string of the molecule is COC(=O)CSc1sc(=S)sc1SCCN. The molecule has 1 rings (SSSR count). The van der Waals surface area contributed by atoms with Gasteiger partial charge in [-0.2, -0.15) is 0 Å². The van der Waals surface area contributed by atoms with Gasteiger partial charge in [0.25, 0.3) is 0 Å². The van der Waals surface area contributed by atoms with Crippen LogP contribution in [0.15, 0.2) is 8.42 Å². The normalized spacial score (nSPS) is 10.4. The molecule has 0 bridgehead atoms. The molecule has 0 saturated heterocycles. The van der Waals surface area contributed by atoms with Gasteiger partial charge in [0, 0.05) is 12.3 Å². The van der Waals surface area contributed by atoms with Crippen LogP contribution in [0, 0.1) is 3.14 Å². The highest BCUT2D eigenvalue weighted by molar-refractivity contribution is 8.05. The van der Waals surface area contributed by atoms with E-state index < -0.39 is 0 Å². The molecule has 16 heavy (non-hydrogen) atoms. The Kier molecular flexibility index (Phi) is 6.94. The zero-order valence-corrected chi connectivity index (χ0v) is 12.6. The molecule has 1 aromatic rings. The molecule has 3 nitrogen and oxygen atoms in total. The van der Waals surface area contributed by atoms with E-state index >= 15 is 0 Å². The number of carbonyl (C=O) groups is 1. The molecule has 2 N–H and O–H groups in total. The maximum atomic E-state index is 11.0. The van der Waals surface area contributed by atoms with E-state index in [0.717, 1.165) is 17.3 Å². The lowest BCUT2D eigenvalue weighted by atomic mass is 10.8. The topological polar surface area (TPSA) is 52.3 Å². The Bertz CT molecular complexity index is 399. The van der Waals surface area contributed by atoms with Crippen LogP contribution in [0.3, 0.4) is 0 Å². The van der Waals surface area contributed by atoms with Crippen molar-refractivity contribution < 1.29 is 9.53 Å². The number of ether oxygens (including phenoxy) is 1. The summed E-state index contributed by atoms with van der Waals surface area (Å²) in [4.78, 5) is 11.0. The van der Waals surface area contributed by atoms with Gasteiger partial charge in [0.05, 0.1) is 21.3 Å². The summed E-state index contributed by atoms with van der Waals surface area (Å²) in [6.07, 6.45) is 0. The predicted molar refractivity (Wildman–Crippen MR) is 75.5 cm³/mol. The van der Waals surface area contributed by atoms with Gasteiger partial charge < -0.3 is 10.5 Å². The molecule has 0 radical (unpaired) electrons. The Morgan fingerprint density at radius 1 is 1.44 bits per heavy atom. The molecule has 0 unspecified atom stereocenters. The van der Waals surface area contributed by atoms with E-state index in [0.29, 0.717) is 12.3 Å². The van der Waals surface area contributed by atoms with E-state index in [1.165, 1.54) is 18.9 Å². The van der Waals surface area contributed by atoms with Crippen LogP contribution in [0.4, 0.5) is 0 Å². The third kappa shape index (κ3) is 4.72. The number of carbonyl (C=O) groups excluding carboxylic acids is 1. The fourth-order valence-corrected chi connectivity index (χ4v) is 6.55. The lowest BCUT2D eigenvalue weighted by Gasteiger charge is -2.00. The van der Waals surface area contributed by atoms with Crippen molar-refractivity contribution in [3.8, 4) is 0 Å². The third-order valence-electron chi connectivity index (χ3n) is 1.42. The molecule has 1 heterocycles. The summed E-state index contributed by atoms with van der Waals surface area (Å²) >= 11 is 11.4. The largest absolute Gasteiger partial charge is 0.468 e. The van der Waals surface area contributed by atoms with Crippen LogP contribution < -0.4 is 5.73 Å². The van der Waals surface area contributed by atoms with Crippen LogP contribution in [-0.2, 0) is 9.53 Å². The smallest absolute Gasteiger partial charge is 0.316 e. The highest BCUT2D eigenvalue weighted by Gasteiger charge is 2.10. The summed E-state index contributed by atoms with van der Waals surface area (Å²) < 4.78 is 7.73. The van der Waals surface area contributed by atoms with Crippen molar-refractivity contribution in [3.63, 3.8) is 0 Å². The summed E-state index contributed by atoms with van der Waals surface area (Å²) in [6, 6.07) is 0. The highest BCUT2D eigenvalue weighted by atomic mass is 32.2. The Labute approximate surface area is 116 Å². The molecular formula is C8H11NO2S5. The van der Waals surface area contributed by atoms with Crippen molar-refractivity contribution in [1.82, 2.24) is 0 Å². The van der Waals surface area contributed by atoms with E-state index in [9.17, 15) is 4.79 Å². The molecule has 0 atom stereocenters. The quantitative estimate of drug-likeness (QED) is 0.495. The minimum absolute atomic E-state index is 0.218. The first-order valence-corrected chi connectivity index (χ1v) is 8.35. The third-order valence-corrected chi connectivity index (χ3v) is 7.01. The molecule has 0 aliphatic heterocycles. The van der Waals surface area contributed by atoms with Gasteiger partial charge in [-0.3, -0.25) is 4.79 Å². The van der Waals surface area contributed by atoms with Gasteiger partial charge in [-0.1, -0.05) is 12.2 Å². The number of nitrogens with two attached hydrogens (primary N) is 1. The lowest BCUT2D eigenvalue weighted by molar-refractivity contribution is -0.137. The van der Waals surface area contributed by atoms with Crippen LogP contribution in [0.5, 0.6) is 0 Å². The minimum atomic E-state index is -0.218. The molecular weight excluding hydrogens is 302 g/mol. The van der Waals surface area contributed by atoms with Crippen molar-refractivity contribution in [3.05, 3.63) is 3.14 Å². The standard InChI is InChI=1S/C8H11NO2S5/c1-11-5(10)4-14-7-6(13-3-2-9)15-8(12)16-7/h2-4,9H2,1H3. The number of methoxy groups -OCH3 is 1. The molecule has 0 aliphatic rings. The second-order valence-electron chi connectivity index (χ2n) is 2.53. The molecule has 0 saturated carbocycles. The summed E-state index contributed by atoms with van der Waals surface area (Å²) in [5, 5.41) is 0. The molecule has 8 heteroatoms. The maximum Gasteiger partial charge on any atom is 0.316 e. The van der Waals surface area contributed by atoms with Gasteiger partial charge in [0.1, 0.15) is 3.14 Å². The molecule has 0 aromatic carbocycles. The summed E-state index contributed by atoms with van der Waals surface area (Å²) in [5.41, 5.74) is 5.46. The van der Waals surface area contributed by atoms with Crippen LogP contribution in [0.1, 0.15) is 0 Å². The van der Waals surface area contributed by atoms with Gasteiger partial charge in [-0.05, 0) is 0 Å². The van der Waals surface area contributed by atoms with Gasteiger partial charge in [0.15, 0.2) is 0 Å². The fraction of sp³-hybridized carbons (Fsp3) is 0.500. The average molecular weight is 314 g/mol. The van der Waals surface area contributed by atoms with Crippen molar-refractivity contribution >= 4 is 64.4 Å². The van der Waals surface area contributed by atoms with Crippen molar-refractivity contribution in [2.75, 3.05) is 25.2 Å². The zero-order chi connectivity index (χ0) is 12.0. The van der Waals surface area contributed by atoms with Gasteiger partial charge >= 0.3 is 5.97 Å². The Balaban J connectivity index is 2.63. The van der Waals surface area contributed by atoms with E-state index in [2.05, 4.69) is 4.74 Å². The first-order chi connectivity index (χ1) is 7.67. The number of hydrogen-bond donors (Lipinski definition) is 1. The van der Waals surface area contributed by atoms with Crippen LogP contribution in [-0.4, -0.2) is 31.1 Å². The molecule has 0 amide bonds. The Morgan fingerprint density at radius 3 is 2.62 bits per heavy atom. The summed E-state index contributed by atoms with van der Waals surface area (Å²) in [6.45, 7) is 0.640. The highest BCUT2D eigenvalue weighted by Crippen LogP contribution is 2.40. The van der Waals surface area contributed by atoms with Gasteiger partial charge in [0.2, 0.25) is 0 Å². The molecule has 0 spiro atoms. The molecule has 1 aromatic heterocycles. The van der Waals surface area contributed by atoms with Crippen LogP contribution in [0.25, 0.3) is 0 Å². The number of esters is 1. The Morgan fingerprint density at radius 2 is 2.06 bits per heavy atom. The van der Waals surface area contributed by atoms with E-state index in [-0.39, 0.29) is 5.97 Å². The Hall–Kier alpha value is 0.400. The van der Waals surface area contributed by atoms with Crippen molar-refractivity contribution in [1.29, 1.82) is 0 Å².